The molecule has 1 aliphatic rings. The van der Waals surface area contributed by atoms with Crippen molar-refractivity contribution in [3.63, 3.8) is 0 Å². The Hall–Kier alpha value is -2.10. The summed E-state index contributed by atoms with van der Waals surface area (Å²) in [4.78, 5) is 8.75. The summed E-state index contributed by atoms with van der Waals surface area (Å²) in [5, 5.41) is 3.45. The molecule has 0 amide bonds. The molecule has 0 radical (unpaired) electrons. The maximum atomic E-state index is 5.56. The minimum absolute atomic E-state index is 0.288. The summed E-state index contributed by atoms with van der Waals surface area (Å²) in [6, 6.07) is 10.7. The Balaban J connectivity index is 1.75. The van der Waals surface area contributed by atoms with E-state index in [0.29, 0.717) is 18.4 Å². The van der Waals surface area contributed by atoms with Crippen molar-refractivity contribution in [2.45, 2.75) is 38.6 Å². The molecule has 3 rings (SSSR count). The van der Waals surface area contributed by atoms with Crippen molar-refractivity contribution in [3.05, 3.63) is 47.7 Å². The third-order valence-electron chi connectivity index (χ3n) is 3.76. The average Bonchev–Trinajstić information content (AvgIpc) is 2.54. The van der Waals surface area contributed by atoms with E-state index in [1.807, 2.05) is 0 Å². The zero-order chi connectivity index (χ0) is 14.5. The molecule has 0 fully saturated rings. The lowest BCUT2D eigenvalue weighted by molar-refractivity contribution is 0.305. The lowest BCUT2D eigenvalue weighted by atomic mass is 9.88. The van der Waals surface area contributed by atoms with Crippen molar-refractivity contribution in [1.29, 1.82) is 0 Å². The second kappa shape index (κ2) is 6.57. The van der Waals surface area contributed by atoms with Crippen molar-refractivity contribution in [2.75, 3.05) is 11.9 Å². The lowest BCUT2D eigenvalue weighted by Crippen LogP contribution is -2.18. The van der Waals surface area contributed by atoms with Crippen molar-refractivity contribution in [1.82, 2.24) is 9.97 Å². The number of anilines is 1. The standard InChI is InChI=1S/C17H21N3O/c1-2-12-21-16-10-11-18-17(20-16)19-15-9-5-7-13-6-3-4-8-14(13)15/h3-4,6,8,10-11,15H,2,5,7,9,12H2,1H3,(H,18,19,20). The third-order valence-corrected chi connectivity index (χ3v) is 3.76. The summed E-state index contributed by atoms with van der Waals surface area (Å²) in [6.45, 7) is 2.77. The van der Waals surface area contributed by atoms with Gasteiger partial charge in [-0.15, -0.1) is 0 Å². The highest BCUT2D eigenvalue weighted by Crippen LogP contribution is 2.31. The molecule has 0 spiro atoms. The molecular formula is C17H21N3O. The smallest absolute Gasteiger partial charge is 0.226 e. The molecule has 1 atom stereocenters. The Kier molecular flexibility index (Phi) is 4.34. The minimum atomic E-state index is 0.288. The van der Waals surface area contributed by atoms with E-state index in [4.69, 9.17) is 4.74 Å². The SMILES string of the molecule is CCCOc1ccnc(NC2CCCc3ccccc32)n1. The molecule has 0 saturated carbocycles. The fraction of sp³-hybridized carbons (Fsp3) is 0.412. The third kappa shape index (κ3) is 3.32. The Labute approximate surface area is 125 Å². The molecule has 1 unspecified atom stereocenters. The highest BCUT2D eigenvalue weighted by Gasteiger charge is 2.20. The van der Waals surface area contributed by atoms with Crippen LogP contribution in [0.2, 0.25) is 0 Å². The molecule has 1 heterocycles. The second-order valence-electron chi connectivity index (χ2n) is 5.35. The topological polar surface area (TPSA) is 47.0 Å². The highest BCUT2D eigenvalue weighted by atomic mass is 16.5. The average molecular weight is 283 g/mol. The van der Waals surface area contributed by atoms with Crippen molar-refractivity contribution in [3.8, 4) is 5.88 Å². The van der Waals surface area contributed by atoms with Gasteiger partial charge in [0.15, 0.2) is 0 Å². The van der Waals surface area contributed by atoms with Crippen LogP contribution in [0.3, 0.4) is 0 Å². The number of hydrogen-bond acceptors (Lipinski definition) is 4. The normalized spacial score (nSPS) is 17.1. The van der Waals surface area contributed by atoms with E-state index in [0.717, 1.165) is 19.3 Å². The molecule has 4 nitrogen and oxygen atoms in total. The molecule has 0 bridgehead atoms. The van der Waals surface area contributed by atoms with Crippen molar-refractivity contribution in [2.24, 2.45) is 0 Å². The predicted molar refractivity (Wildman–Crippen MR) is 83.6 cm³/mol. The first-order valence-electron chi connectivity index (χ1n) is 7.67. The van der Waals surface area contributed by atoms with E-state index in [1.165, 1.54) is 17.5 Å². The number of ether oxygens (including phenoxy) is 1. The molecule has 4 heteroatoms. The molecule has 21 heavy (non-hydrogen) atoms. The quantitative estimate of drug-likeness (QED) is 0.907. The zero-order valence-corrected chi connectivity index (χ0v) is 12.4. The van der Waals surface area contributed by atoms with Crippen LogP contribution in [0, 0.1) is 0 Å². The molecular weight excluding hydrogens is 262 g/mol. The molecule has 110 valence electrons. The van der Waals surface area contributed by atoms with Crippen LogP contribution in [0.1, 0.15) is 43.4 Å². The van der Waals surface area contributed by atoms with Crippen LogP contribution in [0.5, 0.6) is 5.88 Å². The lowest BCUT2D eigenvalue weighted by Gasteiger charge is -2.26. The van der Waals surface area contributed by atoms with Crippen molar-refractivity contribution < 1.29 is 4.74 Å². The van der Waals surface area contributed by atoms with E-state index >= 15 is 0 Å². The molecule has 2 aromatic rings. The minimum Gasteiger partial charge on any atom is -0.478 e. The van der Waals surface area contributed by atoms with E-state index in [1.54, 1.807) is 12.3 Å². The first-order chi connectivity index (χ1) is 10.4. The predicted octanol–water partition coefficient (Wildman–Crippen LogP) is 3.75. The summed E-state index contributed by atoms with van der Waals surface area (Å²) >= 11 is 0. The number of aryl methyl sites for hydroxylation is 1. The summed E-state index contributed by atoms with van der Waals surface area (Å²) in [6.07, 6.45) is 6.19. The van der Waals surface area contributed by atoms with Gasteiger partial charge in [0.2, 0.25) is 11.8 Å². The maximum Gasteiger partial charge on any atom is 0.226 e. The van der Waals surface area contributed by atoms with Gasteiger partial charge in [-0.25, -0.2) is 4.98 Å². The summed E-state index contributed by atoms with van der Waals surface area (Å²) in [5.74, 6) is 1.28. The van der Waals surface area contributed by atoms with Crippen LogP contribution >= 0.6 is 0 Å². The molecule has 0 aliphatic heterocycles. The fourth-order valence-corrected chi connectivity index (χ4v) is 2.76. The van der Waals surface area contributed by atoms with Crippen LogP contribution in [0.4, 0.5) is 5.95 Å². The van der Waals surface area contributed by atoms with Crippen LogP contribution in [0.15, 0.2) is 36.5 Å². The summed E-state index contributed by atoms with van der Waals surface area (Å²) in [5.41, 5.74) is 2.80. The van der Waals surface area contributed by atoms with Gasteiger partial charge in [0, 0.05) is 12.3 Å². The molecule has 1 aromatic heterocycles. The van der Waals surface area contributed by atoms with E-state index in [2.05, 4.69) is 46.5 Å². The van der Waals surface area contributed by atoms with Gasteiger partial charge in [-0.3, -0.25) is 0 Å². The van der Waals surface area contributed by atoms with Crippen LogP contribution < -0.4 is 10.1 Å². The van der Waals surface area contributed by atoms with Gasteiger partial charge in [0.25, 0.3) is 0 Å². The van der Waals surface area contributed by atoms with Gasteiger partial charge in [0.05, 0.1) is 12.6 Å². The molecule has 1 aliphatic carbocycles. The summed E-state index contributed by atoms with van der Waals surface area (Å²) in [7, 11) is 0. The summed E-state index contributed by atoms with van der Waals surface area (Å²) < 4.78 is 5.56. The number of nitrogens with one attached hydrogen (secondary N) is 1. The Morgan fingerprint density at radius 2 is 2.19 bits per heavy atom. The first kappa shape index (κ1) is 13.9. The Morgan fingerprint density at radius 1 is 1.29 bits per heavy atom. The van der Waals surface area contributed by atoms with E-state index in [-0.39, 0.29) is 6.04 Å². The van der Waals surface area contributed by atoms with E-state index in [9.17, 15) is 0 Å². The van der Waals surface area contributed by atoms with Gasteiger partial charge in [-0.2, -0.15) is 4.98 Å². The van der Waals surface area contributed by atoms with Crippen LogP contribution in [-0.2, 0) is 6.42 Å². The number of nitrogens with zero attached hydrogens (tertiary/aromatic N) is 2. The van der Waals surface area contributed by atoms with Gasteiger partial charge in [-0.1, -0.05) is 31.2 Å². The number of rotatable bonds is 5. The highest BCUT2D eigenvalue weighted by molar-refractivity contribution is 5.39. The number of aromatic nitrogens is 2. The van der Waals surface area contributed by atoms with Crippen molar-refractivity contribution >= 4 is 5.95 Å². The largest absolute Gasteiger partial charge is 0.478 e. The second-order valence-corrected chi connectivity index (χ2v) is 5.35. The monoisotopic (exact) mass is 283 g/mol. The number of fused-ring (bicyclic) bond motifs is 1. The zero-order valence-electron chi connectivity index (χ0n) is 12.4. The van der Waals surface area contributed by atoms with Gasteiger partial charge < -0.3 is 10.1 Å². The molecule has 1 aromatic carbocycles. The van der Waals surface area contributed by atoms with Crippen LogP contribution in [-0.4, -0.2) is 16.6 Å². The Morgan fingerprint density at radius 3 is 3.10 bits per heavy atom. The molecule has 1 N–H and O–H groups in total. The van der Waals surface area contributed by atoms with Gasteiger partial charge in [-0.05, 0) is 36.8 Å². The van der Waals surface area contributed by atoms with E-state index < -0.39 is 0 Å². The fourth-order valence-electron chi connectivity index (χ4n) is 2.76. The van der Waals surface area contributed by atoms with Gasteiger partial charge in [0.1, 0.15) is 0 Å². The van der Waals surface area contributed by atoms with Crippen LogP contribution in [0.25, 0.3) is 0 Å². The molecule has 0 saturated heterocycles. The number of hydrogen-bond donors (Lipinski definition) is 1. The maximum absolute atomic E-state index is 5.56. The number of benzene rings is 1. The first-order valence-corrected chi connectivity index (χ1v) is 7.67. The van der Waals surface area contributed by atoms with Gasteiger partial charge >= 0.3 is 0 Å². The Bertz CT molecular complexity index is 600.